The average molecular weight is 445 g/mol. The summed E-state index contributed by atoms with van der Waals surface area (Å²) < 4.78 is 36.9. The van der Waals surface area contributed by atoms with E-state index in [2.05, 4.69) is 29.4 Å². The normalized spacial score (nSPS) is 13.7. The number of halogens is 3. The van der Waals surface area contributed by atoms with Crippen molar-refractivity contribution in [2.75, 3.05) is 18.4 Å². The Morgan fingerprint density at radius 2 is 2.03 bits per heavy atom. The molecule has 3 N–H and O–H groups in total. The van der Waals surface area contributed by atoms with E-state index in [1.54, 1.807) is 23.5 Å². The Morgan fingerprint density at radius 3 is 2.75 bits per heavy atom. The molecule has 0 unspecified atom stereocenters. The Kier molecular flexibility index (Phi) is 5.53. The number of hydrogen-bond donors (Lipinski definition) is 3. The van der Waals surface area contributed by atoms with Crippen molar-refractivity contribution < 1.29 is 22.8 Å². The van der Waals surface area contributed by atoms with Crippen LogP contribution < -0.4 is 10.6 Å². The highest BCUT2D eigenvalue weighted by molar-refractivity contribution is 6.05. The molecule has 1 aromatic heterocycles. The van der Waals surface area contributed by atoms with Gasteiger partial charge in [0.25, 0.3) is 5.91 Å². The van der Waals surface area contributed by atoms with E-state index in [0.717, 1.165) is 22.3 Å². The fourth-order valence-electron chi connectivity index (χ4n) is 3.79. The molecule has 0 bridgehead atoms. The highest BCUT2D eigenvalue weighted by atomic mass is 19.4. The van der Waals surface area contributed by atoms with Crippen LogP contribution in [0.3, 0.4) is 0 Å². The van der Waals surface area contributed by atoms with Gasteiger partial charge in [0.15, 0.2) is 0 Å². The molecule has 0 spiro atoms. The smallest absolute Gasteiger partial charge is 0.355 e. The van der Waals surface area contributed by atoms with Crippen molar-refractivity contribution >= 4 is 34.1 Å². The number of hydrogen-bond acceptors (Lipinski definition) is 4. The van der Waals surface area contributed by atoms with Crippen molar-refractivity contribution in [3.63, 3.8) is 0 Å². The molecule has 0 aliphatic carbocycles. The van der Waals surface area contributed by atoms with Gasteiger partial charge in [-0.25, -0.2) is 0 Å². The lowest BCUT2D eigenvalue weighted by Crippen LogP contribution is -2.41. The number of aromatic nitrogens is 2. The SMILES string of the molecule is CC(C)c1n[nH]c2cc(Nc3cccc4c3C(=O)N(CC(=O)NCC(F)(F)F)C4)ccc12. The number of carbonyl (C=O) groups excluding carboxylic acids is 2. The van der Waals surface area contributed by atoms with Gasteiger partial charge >= 0.3 is 6.18 Å². The second kappa shape index (κ2) is 8.18. The molecule has 168 valence electrons. The van der Waals surface area contributed by atoms with Crippen LogP contribution in [0.1, 0.15) is 41.4 Å². The Bertz CT molecular complexity index is 1190. The van der Waals surface area contributed by atoms with Gasteiger partial charge in [-0.1, -0.05) is 26.0 Å². The predicted octanol–water partition coefficient (Wildman–Crippen LogP) is 4.06. The maximum Gasteiger partial charge on any atom is 0.405 e. The zero-order valence-electron chi connectivity index (χ0n) is 17.5. The second-order valence-corrected chi connectivity index (χ2v) is 8.04. The maximum absolute atomic E-state index is 12.9. The van der Waals surface area contributed by atoms with Gasteiger partial charge < -0.3 is 15.5 Å². The lowest BCUT2D eigenvalue weighted by molar-refractivity contribution is -0.138. The van der Waals surface area contributed by atoms with Gasteiger partial charge in [-0.3, -0.25) is 14.7 Å². The van der Waals surface area contributed by atoms with E-state index in [9.17, 15) is 22.8 Å². The number of H-pyrrole nitrogens is 1. The van der Waals surface area contributed by atoms with Crippen LogP contribution in [0, 0.1) is 0 Å². The summed E-state index contributed by atoms with van der Waals surface area (Å²) >= 11 is 0. The number of anilines is 2. The number of nitrogens with one attached hydrogen (secondary N) is 3. The summed E-state index contributed by atoms with van der Waals surface area (Å²) in [6.07, 6.45) is -4.50. The van der Waals surface area contributed by atoms with E-state index in [-0.39, 0.29) is 12.5 Å². The number of rotatable bonds is 6. The Hall–Kier alpha value is -3.56. The van der Waals surface area contributed by atoms with Crippen LogP contribution in [0.2, 0.25) is 0 Å². The number of alkyl halides is 3. The van der Waals surface area contributed by atoms with Crippen molar-refractivity contribution in [3.8, 4) is 0 Å². The van der Waals surface area contributed by atoms with Crippen LogP contribution in [-0.4, -0.2) is 46.2 Å². The minimum absolute atomic E-state index is 0.153. The van der Waals surface area contributed by atoms with Gasteiger partial charge in [0.05, 0.1) is 22.5 Å². The fourth-order valence-corrected chi connectivity index (χ4v) is 3.79. The molecular formula is C22H22F3N5O2. The van der Waals surface area contributed by atoms with E-state index < -0.39 is 31.1 Å². The molecule has 7 nitrogen and oxygen atoms in total. The number of amides is 2. The standard InChI is InChI=1S/C22H22F3N5O2/c1-12(2)20-15-7-6-14(8-17(15)28-29-20)27-16-5-3-4-13-9-30(21(32)19(13)16)10-18(31)26-11-22(23,24)25/h3-8,12,27H,9-11H2,1-2H3,(H,26,31)(H,28,29). The number of carbonyl (C=O) groups is 2. The lowest BCUT2D eigenvalue weighted by atomic mass is 10.1. The molecule has 10 heteroatoms. The topological polar surface area (TPSA) is 90.1 Å². The van der Waals surface area contributed by atoms with Gasteiger partial charge in [0.1, 0.15) is 13.1 Å². The summed E-state index contributed by atoms with van der Waals surface area (Å²) in [5, 5.41) is 13.4. The zero-order chi connectivity index (χ0) is 23.0. The van der Waals surface area contributed by atoms with Crippen LogP contribution in [0.15, 0.2) is 36.4 Å². The molecule has 0 saturated carbocycles. The quantitative estimate of drug-likeness (QED) is 0.534. The summed E-state index contributed by atoms with van der Waals surface area (Å²) in [6.45, 7) is 2.41. The van der Waals surface area contributed by atoms with Crippen molar-refractivity contribution in [1.29, 1.82) is 0 Å². The molecule has 2 aromatic carbocycles. The van der Waals surface area contributed by atoms with Gasteiger partial charge in [-0.05, 0) is 35.7 Å². The first-order valence-corrected chi connectivity index (χ1v) is 10.1. The molecule has 2 amide bonds. The number of nitrogens with zero attached hydrogens (tertiary/aromatic N) is 2. The van der Waals surface area contributed by atoms with E-state index in [1.165, 1.54) is 4.90 Å². The maximum atomic E-state index is 12.9. The van der Waals surface area contributed by atoms with Crippen molar-refractivity contribution in [2.45, 2.75) is 32.5 Å². The van der Waals surface area contributed by atoms with Crippen LogP contribution in [0.5, 0.6) is 0 Å². The van der Waals surface area contributed by atoms with Crippen LogP contribution in [0.4, 0.5) is 24.5 Å². The second-order valence-electron chi connectivity index (χ2n) is 8.04. The minimum atomic E-state index is -4.50. The molecule has 0 atom stereocenters. The molecule has 0 saturated heterocycles. The van der Waals surface area contributed by atoms with E-state index in [1.807, 2.05) is 18.2 Å². The first kappa shape index (κ1) is 21.7. The van der Waals surface area contributed by atoms with E-state index >= 15 is 0 Å². The molecule has 32 heavy (non-hydrogen) atoms. The lowest BCUT2D eigenvalue weighted by Gasteiger charge is -2.16. The number of benzene rings is 2. The fraction of sp³-hybridized carbons (Fsp3) is 0.318. The average Bonchev–Trinajstić information content (AvgIpc) is 3.28. The first-order valence-electron chi connectivity index (χ1n) is 10.1. The highest BCUT2D eigenvalue weighted by Crippen LogP contribution is 2.32. The van der Waals surface area contributed by atoms with Crippen molar-refractivity contribution in [3.05, 3.63) is 53.2 Å². The third-order valence-corrected chi connectivity index (χ3v) is 5.25. The molecule has 1 aliphatic heterocycles. The minimum Gasteiger partial charge on any atom is -0.355 e. The van der Waals surface area contributed by atoms with Crippen molar-refractivity contribution in [1.82, 2.24) is 20.4 Å². The third-order valence-electron chi connectivity index (χ3n) is 5.25. The number of aromatic amines is 1. The molecule has 2 heterocycles. The third kappa shape index (κ3) is 4.39. The zero-order valence-corrected chi connectivity index (χ0v) is 17.5. The summed E-state index contributed by atoms with van der Waals surface area (Å²) in [5.41, 5.74) is 4.26. The molecule has 0 fully saturated rings. The summed E-state index contributed by atoms with van der Waals surface area (Å²) in [4.78, 5) is 26.0. The van der Waals surface area contributed by atoms with Gasteiger partial charge in [-0.15, -0.1) is 0 Å². The van der Waals surface area contributed by atoms with E-state index in [0.29, 0.717) is 16.8 Å². The molecule has 0 radical (unpaired) electrons. The summed E-state index contributed by atoms with van der Waals surface area (Å²) in [6, 6.07) is 11.0. The molecule has 3 aromatic rings. The van der Waals surface area contributed by atoms with Gasteiger partial charge in [0.2, 0.25) is 5.91 Å². The monoisotopic (exact) mass is 445 g/mol. The Balaban J connectivity index is 1.51. The van der Waals surface area contributed by atoms with E-state index in [4.69, 9.17) is 0 Å². The van der Waals surface area contributed by atoms with Crippen LogP contribution in [0.25, 0.3) is 10.9 Å². The largest absolute Gasteiger partial charge is 0.405 e. The van der Waals surface area contributed by atoms with Gasteiger partial charge in [0, 0.05) is 17.6 Å². The predicted molar refractivity (Wildman–Crippen MR) is 114 cm³/mol. The highest BCUT2D eigenvalue weighted by Gasteiger charge is 2.32. The molecule has 1 aliphatic rings. The molecular weight excluding hydrogens is 423 g/mol. The van der Waals surface area contributed by atoms with Crippen LogP contribution in [-0.2, 0) is 11.3 Å². The summed E-state index contributed by atoms with van der Waals surface area (Å²) in [7, 11) is 0. The number of fused-ring (bicyclic) bond motifs is 2. The van der Waals surface area contributed by atoms with Crippen LogP contribution >= 0.6 is 0 Å². The Labute approximate surface area is 182 Å². The molecule has 4 rings (SSSR count). The summed E-state index contributed by atoms with van der Waals surface area (Å²) in [5.74, 6) is -0.990. The first-order chi connectivity index (χ1) is 15.1. The Morgan fingerprint density at radius 1 is 1.25 bits per heavy atom. The van der Waals surface area contributed by atoms with Crippen molar-refractivity contribution in [2.24, 2.45) is 0 Å². The van der Waals surface area contributed by atoms with Gasteiger partial charge in [-0.2, -0.15) is 18.3 Å².